The molecule has 0 heterocycles. The SMILES string of the molecule is COC(=O)[C@H](CC(C)C)NC(=O)CCC(=O)c1ccc(-c2ccccc2)cc1. The first kappa shape index (κ1) is 21.4. The third-order valence-corrected chi connectivity index (χ3v) is 4.42. The van der Waals surface area contributed by atoms with E-state index in [-0.39, 0.29) is 30.4 Å². The molecule has 0 radical (unpaired) electrons. The van der Waals surface area contributed by atoms with Crippen molar-refractivity contribution < 1.29 is 19.1 Å². The van der Waals surface area contributed by atoms with E-state index in [1.54, 1.807) is 12.1 Å². The molecule has 0 saturated carbocycles. The van der Waals surface area contributed by atoms with Gasteiger partial charge in [0.2, 0.25) is 5.91 Å². The lowest BCUT2D eigenvalue weighted by Gasteiger charge is -2.18. The minimum atomic E-state index is -0.683. The molecule has 148 valence electrons. The van der Waals surface area contributed by atoms with E-state index in [0.29, 0.717) is 12.0 Å². The summed E-state index contributed by atoms with van der Waals surface area (Å²) in [7, 11) is 1.30. The number of rotatable bonds is 9. The number of nitrogens with one attached hydrogen (secondary N) is 1. The third kappa shape index (κ3) is 6.34. The van der Waals surface area contributed by atoms with Gasteiger partial charge in [0.15, 0.2) is 5.78 Å². The fourth-order valence-electron chi connectivity index (χ4n) is 2.94. The second kappa shape index (κ2) is 10.4. The van der Waals surface area contributed by atoms with Gasteiger partial charge in [0.25, 0.3) is 0 Å². The molecule has 2 aromatic carbocycles. The molecule has 1 N–H and O–H groups in total. The molecule has 0 aliphatic heterocycles. The maximum absolute atomic E-state index is 12.4. The van der Waals surface area contributed by atoms with Gasteiger partial charge in [0.05, 0.1) is 7.11 Å². The minimum Gasteiger partial charge on any atom is -0.467 e. The Morgan fingerprint density at radius 2 is 1.50 bits per heavy atom. The number of hydrogen-bond acceptors (Lipinski definition) is 4. The number of carbonyl (C=O) groups is 3. The van der Waals surface area contributed by atoms with Crippen LogP contribution in [0.15, 0.2) is 54.6 Å². The van der Waals surface area contributed by atoms with Crippen LogP contribution in [0.25, 0.3) is 11.1 Å². The molecule has 0 aromatic heterocycles. The molecule has 2 rings (SSSR count). The zero-order valence-corrected chi connectivity index (χ0v) is 16.6. The summed E-state index contributed by atoms with van der Waals surface area (Å²) in [4.78, 5) is 36.3. The molecular weight excluding hydrogens is 354 g/mol. The highest BCUT2D eigenvalue weighted by Gasteiger charge is 2.22. The van der Waals surface area contributed by atoms with Crippen molar-refractivity contribution in [3.8, 4) is 11.1 Å². The van der Waals surface area contributed by atoms with Crippen molar-refractivity contribution in [1.29, 1.82) is 0 Å². The van der Waals surface area contributed by atoms with E-state index in [0.717, 1.165) is 11.1 Å². The largest absolute Gasteiger partial charge is 0.467 e. The molecule has 0 aliphatic rings. The first-order valence-corrected chi connectivity index (χ1v) is 9.46. The summed E-state index contributed by atoms with van der Waals surface area (Å²) >= 11 is 0. The van der Waals surface area contributed by atoms with E-state index in [9.17, 15) is 14.4 Å². The normalized spacial score (nSPS) is 11.7. The molecule has 0 bridgehead atoms. The Balaban J connectivity index is 1.90. The molecule has 0 spiro atoms. The molecule has 0 fully saturated rings. The fraction of sp³-hybridized carbons (Fsp3) is 0.348. The molecule has 0 aliphatic carbocycles. The third-order valence-electron chi connectivity index (χ3n) is 4.42. The zero-order valence-electron chi connectivity index (χ0n) is 16.6. The standard InChI is InChI=1S/C23H27NO4/c1-16(2)15-20(23(27)28-3)24-22(26)14-13-21(25)19-11-9-18(10-12-19)17-7-5-4-6-8-17/h4-12,16,20H,13-15H2,1-3H3,(H,24,26)/t20-/m0/s1. The van der Waals surface area contributed by atoms with E-state index in [2.05, 4.69) is 5.32 Å². The van der Waals surface area contributed by atoms with Crippen LogP contribution in [0.4, 0.5) is 0 Å². The number of carbonyl (C=O) groups excluding carboxylic acids is 3. The van der Waals surface area contributed by atoms with E-state index in [1.807, 2.05) is 56.3 Å². The predicted molar refractivity (Wildman–Crippen MR) is 109 cm³/mol. The summed E-state index contributed by atoms with van der Waals surface area (Å²) in [6.45, 7) is 3.93. The summed E-state index contributed by atoms with van der Waals surface area (Å²) in [6, 6.07) is 16.6. The highest BCUT2D eigenvalue weighted by Crippen LogP contribution is 2.20. The van der Waals surface area contributed by atoms with Crippen LogP contribution in [0.3, 0.4) is 0 Å². The van der Waals surface area contributed by atoms with Gasteiger partial charge >= 0.3 is 5.97 Å². The highest BCUT2D eigenvalue weighted by atomic mass is 16.5. The van der Waals surface area contributed by atoms with Crippen LogP contribution in [0.5, 0.6) is 0 Å². The van der Waals surface area contributed by atoms with Crippen molar-refractivity contribution in [3.05, 3.63) is 60.2 Å². The second-order valence-electron chi connectivity index (χ2n) is 7.14. The Labute approximate surface area is 166 Å². The quantitative estimate of drug-likeness (QED) is 0.526. The monoisotopic (exact) mass is 381 g/mol. The summed E-state index contributed by atoms with van der Waals surface area (Å²) in [5, 5.41) is 2.67. The maximum Gasteiger partial charge on any atom is 0.328 e. The second-order valence-corrected chi connectivity index (χ2v) is 7.14. The van der Waals surface area contributed by atoms with E-state index >= 15 is 0 Å². The average Bonchev–Trinajstić information content (AvgIpc) is 2.71. The number of ether oxygens (including phenoxy) is 1. The fourth-order valence-corrected chi connectivity index (χ4v) is 2.94. The van der Waals surface area contributed by atoms with Crippen molar-refractivity contribution in [1.82, 2.24) is 5.32 Å². The van der Waals surface area contributed by atoms with Crippen LogP contribution in [0.1, 0.15) is 43.5 Å². The van der Waals surface area contributed by atoms with Crippen molar-refractivity contribution in [2.45, 2.75) is 39.2 Å². The lowest BCUT2D eigenvalue weighted by Crippen LogP contribution is -2.42. The number of benzene rings is 2. The number of ketones is 1. The van der Waals surface area contributed by atoms with Crippen molar-refractivity contribution >= 4 is 17.7 Å². The number of amides is 1. The lowest BCUT2D eigenvalue weighted by atomic mass is 10.0. The van der Waals surface area contributed by atoms with Crippen LogP contribution in [-0.2, 0) is 14.3 Å². The first-order valence-electron chi connectivity index (χ1n) is 9.46. The average molecular weight is 381 g/mol. The molecule has 1 atom stereocenters. The van der Waals surface area contributed by atoms with E-state index < -0.39 is 12.0 Å². The summed E-state index contributed by atoms with van der Waals surface area (Å²) in [5.74, 6) is -0.669. The van der Waals surface area contributed by atoms with Gasteiger partial charge < -0.3 is 10.1 Å². The Bertz CT molecular complexity index is 797. The van der Waals surface area contributed by atoms with Gasteiger partial charge in [-0.15, -0.1) is 0 Å². The van der Waals surface area contributed by atoms with Gasteiger partial charge in [0.1, 0.15) is 6.04 Å². The van der Waals surface area contributed by atoms with Gasteiger partial charge in [-0.2, -0.15) is 0 Å². The smallest absolute Gasteiger partial charge is 0.328 e. The highest BCUT2D eigenvalue weighted by molar-refractivity contribution is 5.98. The number of hydrogen-bond donors (Lipinski definition) is 1. The number of methoxy groups -OCH3 is 1. The number of esters is 1. The van der Waals surface area contributed by atoms with E-state index in [1.165, 1.54) is 7.11 Å². The summed E-state index contributed by atoms with van der Waals surface area (Å²) in [6.07, 6.45) is 0.615. The Kier molecular flexibility index (Phi) is 7.93. The predicted octanol–water partition coefficient (Wildman–Crippen LogP) is 4.02. The summed E-state index contributed by atoms with van der Waals surface area (Å²) < 4.78 is 4.74. The first-order chi connectivity index (χ1) is 13.4. The topological polar surface area (TPSA) is 72.5 Å². The molecule has 5 heteroatoms. The Morgan fingerprint density at radius 1 is 0.893 bits per heavy atom. The molecule has 28 heavy (non-hydrogen) atoms. The van der Waals surface area contributed by atoms with Crippen molar-refractivity contribution in [3.63, 3.8) is 0 Å². The lowest BCUT2D eigenvalue weighted by molar-refractivity contribution is -0.145. The minimum absolute atomic E-state index is 0.0326. The van der Waals surface area contributed by atoms with Crippen molar-refractivity contribution in [2.24, 2.45) is 5.92 Å². The molecule has 0 unspecified atom stereocenters. The molecule has 0 saturated heterocycles. The Morgan fingerprint density at radius 3 is 2.07 bits per heavy atom. The zero-order chi connectivity index (χ0) is 20.5. The molecular formula is C23H27NO4. The van der Waals surface area contributed by atoms with Crippen LogP contribution < -0.4 is 5.32 Å². The molecule has 5 nitrogen and oxygen atoms in total. The number of Topliss-reactive ketones (excluding diaryl/α,β-unsaturated/α-hetero) is 1. The Hall–Kier alpha value is -2.95. The van der Waals surface area contributed by atoms with Gasteiger partial charge in [0, 0.05) is 18.4 Å². The van der Waals surface area contributed by atoms with Crippen molar-refractivity contribution in [2.75, 3.05) is 7.11 Å². The summed E-state index contributed by atoms with van der Waals surface area (Å²) in [5.41, 5.74) is 2.68. The van der Waals surface area contributed by atoms with Crippen LogP contribution in [0, 0.1) is 5.92 Å². The van der Waals surface area contributed by atoms with Crippen LogP contribution in [0.2, 0.25) is 0 Å². The van der Waals surface area contributed by atoms with Gasteiger partial charge in [-0.25, -0.2) is 4.79 Å². The maximum atomic E-state index is 12.4. The van der Waals surface area contributed by atoms with Gasteiger partial charge in [-0.1, -0.05) is 68.4 Å². The molecule has 2 aromatic rings. The van der Waals surface area contributed by atoms with Gasteiger partial charge in [-0.05, 0) is 23.5 Å². The van der Waals surface area contributed by atoms with Crippen LogP contribution >= 0.6 is 0 Å². The van der Waals surface area contributed by atoms with Gasteiger partial charge in [-0.3, -0.25) is 9.59 Å². The van der Waals surface area contributed by atoms with Crippen LogP contribution in [-0.4, -0.2) is 30.8 Å². The van der Waals surface area contributed by atoms with E-state index in [4.69, 9.17) is 4.74 Å². The molecule has 1 amide bonds.